The van der Waals surface area contributed by atoms with E-state index in [4.69, 9.17) is 0 Å². The molecule has 1 saturated carbocycles. The van der Waals surface area contributed by atoms with Crippen LogP contribution < -0.4 is 5.32 Å². The molecular weight excluding hydrogens is 260 g/mol. The first kappa shape index (κ1) is 16.5. The van der Waals surface area contributed by atoms with Crippen molar-refractivity contribution in [1.82, 2.24) is 10.2 Å². The number of hydrogen-bond acceptors (Lipinski definition) is 2. The van der Waals surface area contributed by atoms with Crippen LogP contribution in [0.5, 0.6) is 0 Å². The Morgan fingerprint density at radius 1 is 1.19 bits per heavy atom. The smallest absolute Gasteiger partial charge is 0.241 e. The third-order valence-corrected chi connectivity index (χ3v) is 7.05. The van der Waals surface area contributed by atoms with E-state index in [-0.39, 0.29) is 17.4 Å². The molecule has 3 heteroatoms. The molecule has 1 aliphatic carbocycles. The molecule has 0 aromatic carbocycles. The molecule has 2 rings (SSSR count). The van der Waals surface area contributed by atoms with Crippen molar-refractivity contribution >= 4 is 5.91 Å². The SMILES string of the molecule is C=C(NC(=O)[C@H]1CCCN1C)C1(C)[C@H](C)C(C)C(C)[C@@H]1C. The van der Waals surface area contributed by atoms with Crippen LogP contribution in [0.2, 0.25) is 0 Å². The van der Waals surface area contributed by atoms with Crippen molar-refractivity contribution < 1.29 is 4.79 Å². The molecule has 0 aromatic rings. The van der Waals surface area contributed by atoms with Crippen molar-refractivity contribution in [2.75, 3.05) is 13.6 Å². The fraction of sp³-hybridized carbons (Fsp3) is 0.833. The highest BCUT2D eigenvalue weighted by molar-refractivity contribution is 5.83. The van der Waals surface area contributed by atoms with Crippen molar-refractivity contribution in [3.8, 4) is 0 Å². The first-order valence-corrected chi connectivity index (χ1v) is 8.41. The molecule has 3 nitrogen and oxygen atoms in total. The Morgan fingerprint density at radius 3 is 2.14 bits per heavy atom. The van der Waals surface area contributed by atoms with E-state index in [2.05, 4.69) is 51.4 Å². The average molecular weight is 292 g/mol. The van der Waals surface area contributed by atoms with Gasteiger partial charge in [0.1, 0.15) is 0 Å². The lowest BCUT2D eigenvalue weighted by molar-refractivity contribution is -0.124. The number of likely N-dealkylation sites (N-methyl/N-ethyl adjacent to an activating group) is 1. The minimum atomic E-state index is -0.00826. The van der Waals surface area contributed by atoms with Gasteiger partial charge in [-0.05, 0) is 50.1 Å². The second kappa shape index (κ2) is 5.75. The van der Waals surface area contributed by atoms with Gasteiger partial charge in [-0.3, -0.25) is 9.69 Å². The maximum Gasteiger partial charge on any atom is 0.241 e. The van der Waals surface area contributed by atoms with E-state index in [0.29, 0.717) is 23.7 Å². The fourth-order valence-electron chi connectivity index (χ4n) is 4.58. The Bertz CT molecular complexity index is 417. The predicted molar refractivity (Wildman–Crippen MR) is 87.7 cm³/mol. The molecule has 0 spiro atoms. The van der Waals surface area contributed by atoms with Crippen LogP contribution in [0.3, 0.4) is 0 Å². The van der Waals surface area contributed by atoms with E-state index in [9.17, 15) is 4.79 Å². The summed E-state index contributed by atoms with van der Waals surface area (Å²) in [6.45, 7) is 16.8. The summed E-state index contributed by atoms with van der Waals surface area (Å²) in [6, 6.07) is 0.0206. The number of amides is 1. The van der Waals surface area contributed by atoms with Crippen LogP contribution in [0.1, 0.15) is 47.5 Å². The van der Waals surface area contributed by atoms with Crippen molar-refractivity contribution in [2.45, 2.75) is 53.5 Å². The summed E-state index contributed by atoms with van der Waals surface area (Å²) in [5, 5.41) is 3.16. The van der Waals surface area contributed by atoms with E-state index in [1.54, 1.807) is 0 Å². The molecule has 2 fully saturated rings. The van der Waals surface area contributed by atoms with Crippen LogP contribution >= 0.6 is 0 Å². The molecule has 0 radical (unpaired) electrons. The van der Waals surface area contributed by atoms with Gasteiger partial charge in [0.15, 0.2) is 0 Å². The lowest BCUT2D eigenvalue weighted by Crippen LogP contribution is -2.45. The van der Waals surface area contributed by atoms with Gasteiger partial charge < -0.3 is 5.32 Å². The number of nitrogens with one attached hydrogen (secondary N) is 1. The standard InChI is InChI=1S/C18H32N2O/c1-11-12(2)14(4)18(6,13(11)3)15(5)19-17(21)16-9-8-10-20(16)7/h11-14,16H,5,8-10H2,1-4,6-7H3,(H,19,21)/t11?,12?,13-,14+,16-,18?/m1/s1. The number of carbonyl (C=O) groups is 1. The van der Waals surface area contributed by atoms with Crippen LogP contribution in [-0.2, 0) is 4.79 Å². The maximum absolute atomic E-state index is 12.5. The third-order valence-electron chi connectivity index (χ3n) is 7.05. The quantitative estimate of drug-likeness (QED) is 0.866. The summed E-state index contributed by atoms with van der Waals surface area (Å²) in [6.07, 6.45) is 2.07. The summed E-state index contributed by atoms with van der Waals surface area (Å²) < 4.78 is 0. The zero-order valence-corrected chi connectivity index (χ0v) is 14.6. The molecule has 1 saturated heterocycles. The van der Waals surface area contributed by atoms with E-state index >= 15 is 0 Å². The Balaban J connectivity index is 2.10. The largest absolute Gasteiger partial charge is 0.328 e. The minimum absolute atomic E-state index is 0.00826. The summed E-state index contributed by atoms with van der Waals surface area (Å²) >= 11 is 0. The number of likely N-dealkylation sites (tertiary alicyclic amines) is 1. The molecule has 6 atom stereocenters. The highest BCUT2D eigenvalue weighted by Gasteiger charge is 2.52. The molecule has 1 N–H and O–H groups in total. The fourth-order valence-corrected chi connectivity index (χ4v) is 4.58. The van der Waals surface area contributed by atoms with E-state index in [0.717, 1.165) is 25.1 Å². The van der Waals surface area contributed by atoms with Crippen LogP contribution in [0.25, 0.3) is 0 Å². The van der Waals surface area contributed by atoms with Gasteiger partial charge in [0.05, 0.1) is 6.04 Å². The Morgan fingerprint density at radius 2 is 1.71 bits per heavy atom. The second-order valence-electron chi connectivity index (χ2n) is 7.68. The third kappa shape index (κ3) is 2.54. The predicted octanol–water partition coefficient (Wildman–Crippen LogP) is 3.27. The van der Waals surface area contributed by atoms with Gasteiger partial charge in [-0.2, -0.15) is 0 Å². The highest BCUT2D eigenvalue weighted by Crippen LogP contribution is 2.56. The number of hydrogen-bond donors (Lipinski definition) is 1. The topological polar surface area (TPSA) is 32.3 Å². The van der Waals surface area contributed by atoms with Gasteiger partial charge in [-0.1, -0.05) is 41.2 Å². The number of allylic oxidation sites excluding steroid dienone is 1. The lowest BCUT2D eigenvalue weighted by Gasteiger charge is -2.37. The summed E-state index contributed by atoms with van der Waals surface area (Å²) in [7, 11) is 2.03. The molecule has 1 amide bonds. The molecule has 3 unspecified atom stereocenters. The van der Waals surface area contributed by atoms with Crippen molar-refractivity contribution in [3.05, 3.63) is 12.3 Å². The maximum atomic E-state index is 12.5. The van der Waals surface area contributed by atoms with Gasteiger partial charge in [-0.25, -0.2) is 0 Å². The van der Waals surface area contributed by atoms with Crippen molar-refractivity contribution in [2.24, 2.45) is 29.1 Å². The molecule has 1 heterocycles. The average Bonchev–Trinajstić information content (AvgIpc) is 2.93. The summed E-state index contributed by atoms with van der Waals surface area (Å²) in [4.78, 5) is 14.7. The first-order valence-electron chi connectivity index (χ1n) is 8.41. The molecule has 21 heavy (non-hydrogen) atoms. The molecular formula is C18H32N2O. The van der Waals surface area contributed by atoms with Gasteiger partial charge in [0, 0.05) is 11.1 Å². The first-order chi connectivity index (χ1) is 9.71. The summed E-state index contributed by atoms with van der Waals surface area (Å²) in [5.41, 5.74) is 0.912. The molecule has 0 aromatic heterocycles. The van der Waals surface area contributed by atoms with Crippen LogP contribution in [-0.4, -0.2) is 30.4 Å². The monoisotopic (exact) mass is 292 g/mol. The van der Waals surface area contributed by atoms with Gasteiger partial charge in [0.25, 0.3) is 0 Å². The number of rotatable bonds is 3. The van der Waals surface area contributed by atoms with Gasteiger partial charge in [-0.15, -0.1) is 0 Å². The van der Waals surface area contributed by atoms with Crippen LogP contribution in [0, 0.1) is 29.1 Å². The molecule has 1 aliphatic heterocycles. The lowest BCUT2D eigenvalue weighted by atomic mass is 9.71. The zero-order chi connectivity index (χ0) is 15.9. The van der Waals surface area contributed by atoms with E-state index in [1.165, 1.54) is 0 Å². The van der Waals surface area contributed by atoms with Crippen LogP contribution in [0.15, 0.2) is 12.3 Å². The van der Waals surface area contributed by atoms with E-state index in [1.807, 2.05) is 7.05 Å². The number of carbonyl (C=O) groups excluding carboxylic acids is 1. The van der Waals surface area contributed by atoms with Gasteiger partial charge in [0.2, 0.25) is 5.91 Å². The van der Waals surface area contributed by atoms with Crippen molar-refractivity contribution in [1.29, 1.82) is 0 Å². The second-order valence-corrected chi connectivity index (χ2v) is 7.68. The normalized spacial score (nSPS) is 44.0. The van der Waals surface area contributed by atoms with Crippen LogP contribution in [0.4, 0.5) is 0 Å². The Kier molecular flexibility index (Phi) is 4.53. The minimum Gasteiger partial charge on any atom is -0.328 e. The zero-order valence-electron chi connectivity index (χ0n) is 14.6. The van der Waals surface area contributed by atoms with E-state index < -0.39 is 0 Å². The highest BCUT2D eigenvalue weighted by atomic mass is 16.2. The Hall–Kier alpha value is -0.830. The Labute approximate surface area is 130 Å². The summed E-state index contributed by atoms with van der Waals surface area (Å²) in [5.74, 6) is 2.53. The van der Waals surface area contributed by atoms with Gasteiger partial charge >= 0.3 is 0 Å². The number of nitrogens with zero attached hydrogens (tertiary/aromatic N) is 1. The molecule has 0 bridgehead atoms. The molecule has 120 valence electrons. The van der Waals surface area contributed by atoms with Crippen molar-refractivity contribution in [3.63, 3.8) is 0 Å². The molecule has 2 aliphatic rings.